The van der Waals surface area contributed by atoms with Crippen LogP contribution >= 0.6 is 0 Å². The van der Waals surface area contributed by atoms with Gasteiger partial charge < -0.3 is 10.2 Å². The van der Waals surface area contributed by atoms with Crippen LogP contribution in [0.5, 0.6) is 0 Å². The summed E-state index contributed by atoms with van der Waals surface area (Å²) in [6, 6.07) is 12.2. The molecule has 1 heterocycles. The minimum Gasteiger partial charge on any atom is -0.369 e. The highest BCUT2D eigenvalue weighted by molar-refractivity contribution is 5.94. The number of nitrogens with one attached hydrogen (secondary N) is 1. The van der Waals surface area contributed by atoms with Gasteiger partial charge in [-0.3, -0.25) is 9.78 Å². The van der Waals surface area contributed by atoms with Crippen molar-refractivity contribution in [1.29, 1.82) is 0 Å². The fourth-order valence-electron chi connectivity index (χ4n) is 3.28. The van der Waals surface area contributed by atoms with Gasteiger partial charge in [-0.1, -0.05) is 42.0 Å². The highest BCUT2D eigenvalue weighted by atomic mass is 16.1. The van der Waals surface area contributed by atoms with Crippen LogP contribution in [0.3, 0.4) is 0 Å². The van der Waals surface area contributed by atoms with Crippen molar-refractivity contribution in [1.82, 2.24) is 10.3 Å². The number of anilines is 1. The number of allylic oxidation sites excluding steroid dienone is 1. The monoisotopic (exact) mass is 349 g/mol. The molecule has 26 heavy (non-hydrogen) atoms. The molecule has 4 nitrogen and oxygen atoms in total. The summed E-state index contributed by atoms with van der Waals surface area (Å²) in [7, 11) is 2.02. The number of pyridine rings is 1. The van der Waals surface area contributed by atoms with Crippen LogP contribution in [0.4, 0.5) is 5.69 Å². The Kier molecular flexibility index (Phi) is 6.42. The number of benzene rings is 1. The smallest absolute Gasteiger partial charge is 0.252 e. The summed E-state index contributed by atoms with van der Waals surface area (Å²) in [4.78, 5) is 18.8. The zero-order valence-electron chi connectivity index (χ0n) is 15.4. The fourth-order valence-corrected chi connectivity index (χ4v) is 3.28. The lowest BCUT2D eigenvalue weighted by Gasteiger charge is -2.19. The molecule has 2 aromatic rings. The van der Waals surface area contributed by atoms with Crippen molar-refractivity contribution in [3.8, 4) is 0 Å². The largest absolute Gasteiger partial charge is 0.369 e. The molecule has 4 heteroatoms. The van der Waals surface area contributed by atoms with Crippen LogP contribution in [0.25, 0.3) is 0 Å². The molecule has 0 atom stereocenters. The van der Waals surface area contributed by atoms with E-state index in [9.17, 15) is 4.79 Å². The van der Waals surface area contributed by atoms with Crippen molar-refractivity contribution >= 4 is 11.6 Å². The van der Waals surface area contributed by atoms with Crippen molar-refractivity contribution in [3.05, 3.63) is 71.6 Å². The molecule has 1 aliphatic carbocycles. The van der Waals surface area contributed by atoms with Crippen LogP contribution < -0.4 is 10.2 Å². The van der Waals surface area contributed by atoms with Crippen LogP contribution in [-0.2, 0) is 6.54 Å². The molecular weight excluding hydrogens is 322 g/mol. The van der Waals surface area contributed by atoms with Gasteiger partial charge in [-0.2, -0.15) is 0 Å². The van der Waals surface area contributed by atoms with E-state index in [1.807, 2.05) is 31.3 Å². The van der Waals surface area contributed by atoms with Crippen LogP contribution in [0.1, 0.15) is 48.0 Å². The number of carbonyl (C=O) groups is 1. The minimum atomic E-state index is -0.0520. The zero-order chi connectivity index (χ0) is 18.2. The highest BCUT2D eigenvalue weighted by Gasteiger charge is 2.10. The molecule has 1 N–H and O–H groups in total. The van der Waals surface area contributed by atoms with Gasteiger partial charge >= 0.3 is 0 Å². The summed E-state index contributed by atoms with van der Waals surface area (Å²) in [6.07, 6.45) is 11.6. The lowest BCUT2D eigenvalue weighted by molar-refractivity contribution is 0.0953. The Morgan fingerprint density at radius 2 is 2.04 bits per heavy atom. The lowest BCUT2D eigenvalue weighted by atomic mass is 9.97. The first kappa shape index (κ1) is 18.2. The highest BCUT2D eigenvalue weighted by Crippen LogP contribution is 2.19. The van der Waals surface area contributed by atoms with E-state index in [1.165, 1.54) is 36.8 Å². The average molecular weight is 349 g/mol. The maximum Gasteiger partial charge on any atom is 0.252 e. The lowest BCUT2D eigenvalue weighted by Crippen LogP contribution is -2.25. The first-order valence-electron chi connectivity index (χ1n) is 9.38. The summed E-state index contributed by atoms with van der Waals surface area (Å²) in [5.74, 6) is -0.0520. The SMILES string of the molecule is CN(Cc1ccccc1)c1cncc(C(=O)NCCC2=CCCCC2)c1. The molecule has 0 aliphatic heterocycles. The molecule has 0 saturated heterocycles. The molecule has 0 saturated carbocycles. The third-order valence-electron chi connectivity index (χ3n) is 4.81. The third kappa shape index (κ3) is 5.19. The van der Waals surface area contributed by atoms with Gasteiger partial charge in [0.15, 0.2) is 0 Å². The second kappa shape index (κ2) is 9.18. The molecule has 0 radical (unpaired) electrons. The summed E-state index contributed by atoms with van der Waals surface area (Å²) in [5.41, 5.74) is 4.26. The molecule has 3 rings (SSSR count). The van der Waals surface area contributed by atoms with Gasteiger partial charge in [-0.15, -0.1) is 0 Å². The quantitative estimate of drug-likeness (QED) is 0.756. The Morgan fingerprint density at radius 3 is 2.81 bits per heavy atom. The minimum absolute atomic E-state index is 0.0520. The second-order valence-electron chi connectivity index (χ2n) is 6.89. The van der Waals surface area contributed by atoms with Gasteiger partial charge in [0.1, 0.15) is 0 Å². The summed E-state index contributed by atoms with van der Waals surface area (Å²) in [5, 5.41) is 3.02. The summed E-state index contributed by atoms with van der Waals surface area (Å²) in [6.45, 7) is 1.47. The summed E-state index contributed by atoms with van der Waals surface area (Å²) < 4.78 is 0. The normalized spacial score (nSPS) is 13.8. The fraction of sp³-hybridized carbons (Fsp3) is 0.364. The van der Waals surface area contributed by atoms with Gasteiger partial charge in [-0.25, -0.2) is 0 Å². The molecule has 1 aromatic carbocycles. The average Bonchev–Trinajstić information content (AvgIpc) is 2.69. The van der Waals surface area contributed by atoms with Gasteiger partial charge in [0, 0.05) is 26.3 Å². The van der Waals surface area contributed by atoms with Crippen molar-refractivity contribution in [3.63, 3.8) is 0 Å². The Balaban J connectivity index is 1.55. The van der Waals surface area contributed by atoms with Crippen LogP contribution in [0, 0.1) is 0 Å². The standard InChI is InChI=1S/C22H27N3O/c1-25(17-19-10-6-3-7-11-19)21-14-20(15-23-16-21)22(26)24-13-12-18-8-4-2-5-9-18/h3,6-8,10-11,14-16H,2,4-5,9,12-13,17H2,1H3,(H,24,26). The number of amides is 1. The first-order valence-corrected chi connectivity index (χ1v) is 9.38. The van der Waals surface area contributed by atoms with Gasteiger partial charge in [-0.05, 0) is 43.7 Å². The maximum atomic E-state index is 12.4. The van der Waals surface area contributed by atoms with Gasteiger partial charge in [0.05, 0.1) is 17.4 Å². The van der Waals surface area contributed by atoms with E-state index in [-0.39, 0.29) is 5.91 Å². The molecule has 0 fully saturated rings. The van der Waals surface area contributed by atoms with Crippen LogP contribution in [-0.4, -0.2) is 24.5 Å². The van der Waals surface area contributed by atoms with Gasteiger partial charge in [0.25, 0.3) is 5.91 Å². The first-order chi connectivity index (χ1) is 12.7. The van der Waals surface area contributed by atoms with E-state index in [0.29, 0.717) is 12.1 Å². The molecule has 1 aromatic heterocycles. The van der Waals surface area contributed by atoms with Crippen molar-refractivity contribution in [2.75, 3.05) is 18.5 Å². The Bertz CT molecular complexity index is 755. The van der Waals surface area contributed by atoms with E-state index in [0.717, 1.165) is 18.7 Å². The van der Waals surface area contributed by atoms with E-state index >= 15 is 0 Å². The molecule has 1 aliphatic rings. The number of nitrogens with zero attached hydrogens (tertiary/aromatic N) is 2. The Morgan fingerprint density at radius 1 is 1.19 bits per heavy atom. The molecule has 1 amide bonds. The molecular formula is C22H27N3O. The predicted octanol–water partition coefficient (Wildman–Crippen LogP) is 4.34. The van der Waals surface area contributed by atoms with E-state index in [1.54, 1.807) is 12.4 Å². The molecule has 0 spiro atoms. The zero-order valence-corrected chi connectivity index (χ0v) is 15.4. The maximum absolute atomic E-state index is 12.4. The van der Waals surface area contributed by atoms with E-state index < -0.39 is 0 Å². The number of aromatic nitrogens is 1. The molecule has 136 valence electrons. The number of rotatable bonds is 7. The number of hydrogen-bond donors (Lipinski definition) is 1. The number of hydrogen-bond acceptors (Lipinski definition) is 3. The predicted molar refractivity (Wildman–Crippen MR) is 106 cm³/mol. The Hall–Kier alpha value is -2.62. The van der Waals surface area contributed by atoms with Gasteiger partial charge in [0.2, 0.25) is 0 Å². The Labute approximate surface area is 155 Å². The topological polar surface area (TPSA) is 45.2 Å². The van der Waals surface area contributed by atoms with Crippen LogP contribution in [0.2, 0.25) is 0 Å². The van der Waals surface area contributed by atoms with E-state index in [2.05, 4.69) is 33.4 Å². The molecule has 0 unspecified atom stereocenters. The molecule has 0 bridgehead atoms. The second-order valence-corrected chi connectivity index (χ2v) is 6.89. The van der Waals surface area contributed by atoms with Crippen molar-refractivity contribution in [2.45, 2.75) is 38.6 Å². The van der Waals surface area contributed by atoms with Crippen LogP contribution in [0.15, 0.2) is 60.4 Å². The van der Waals surface area contributed by atoms with E-state index in [4.69, 9.17) is 0 Å². The number of carbonyl (C=O) groups excluding carboxylic acids is 1. The summed E-state index contributed by atoms with van der Waals surface area (Å²) >= 11 is 0. The third-order valence-corrected chi connectivity index (χ3v) is 4.81. The van der Waals surface area contributed by atoms with Crippen molar-refractivity contribution in [2.24, 2.45) is 0 Å². The van der Waals surface area contributed by atoms with Crippen molar-refractivity contribution < 1.29 is 4.79 Å².